The summed E-state index contributed by atoms with van der Waals surface area (Å²) < 4.78 is 17.6. The van der Waals surface area contributed by atoms with Gasteiger partial charge in [0.2, 0.25) is 5.88 Å². The van der Waals surface area contributed by atoms with Crippen LogP contribution in [0.5, 0.6) is 17.4 Å². The summed E-state index contributed by atoms with van der Waals surface area (Å²) in [5, 5.41) is 0. The van der Waals surface area contributed by atoms with E-state index in [2.05, 4.69) is 0 Å². The lowest BCUT2D eigenvalue weighted by Gasteiger charge is -2.15. The Morgan fingerprint density at radius 3 is 2.21 bits per heavy atom. The molecule has 0 atom stereocenters. The van der Waals surface area contributed by atoms with E-state index >= 15 is 0 Å². The number of ether oxygens (including phenoxy) is 3. The van der Waals surface area contributed by atoms with Crippen molar-refractivity contribution < 1.29 is 14.2 Å². The number of rotatable bonds is 5. The SMILES string of the molecule is COc1ccc(-c2c(-c3ccccc3)nc3cccc(OC)n3c2=O)cc1OC. The van der Waals surface area contributed by atoms with Crippen molar-refractivity contribution in [3.8, 4) is 39.8 Å². The zero-order valence-corrected chi connectivity index (χ0v) is 16.4. The number of hydrogen-bond donors (Lipinski definition) is 0. The third-order valence-corrected chi connectivity index (χ3v) is 4.74. The zero-order valence-electron chi connectivity index (χ0n) is 16.4. The van der Waals surface area contributed by atoms with Crippen molar-refractivity contribution in [3.63, 3.8) is 0 Å². The van der Waals surface area contributed by atoms with Crippen LogP contribution in [0.4, 0.5) is 0 Å². The fourth-order valence-corrected chi connectivity index (χ4v) is 3.37. The van der Waals surface area contributed by atoms with E-state index < -0.39 is 0 Å². The second kappa shape index (κ2) is 7.67. The molecular weight excluding hydrogens is 368 g/mol. The molecule has 0 aliphatic carbocycles. The van der Waals surface area contributed by atoms with E-state index in [0.29, 0.717) is 39.8 Å². The van der Waals surface area contributed by atoms with Gasteiger partial charge in [-0.1, -0.05) is 42.5 Å². The molecule has 2 aromatic heterocycles. The molecule has 0 radical (unpaired) electrons. The maximum absolute atomic E-state index is 13.6. The van der Waals surface area contributed by atoms with Crippen molar-refractivity contribution in [2.24, 2.45) is 0 Å². The first-order valence-corrected chi connectivity index (χ1v) is 9.05. The largest absolute Gasteiger partial charge is 0.493 e. The number of nitrogens with zero attached hydrogens (tertiary/aromatic N) is 2. The minimum absolute atomic E-state index is 0.224. The van der Waals surface area contributed by atoms with Gasteiger partial charge in [-0.15, -0.1) is 0 Å². The fourth-order valence-electron chi connectivity index (χ4n) is 3.37. The topological polar surface area (TPSA) is 62.1 Å². The molecule has 0 bridgehead atoms. The van der Waals surface area contributed by atoms with E-state index in [1.807, 2.05) is 42.5 Å². The van der Waals surface area contributed by atoms with E-state index in [-0.39, 0.29) is 5.56 Å². The van der Waals surface area contributed by atoms with Crippen LogP contribution >= 0.6 is 0 Å². The van der Waals surface area contributed by atoms with Crippen LogP contribution in [-0.4, -0.2) is 30.7 Å². The number of pyridine rings is 1. The fraction of sp³-hybridized carbons (Fsp3) is 0.130. The van der Waals surface area contributed by atoms with Gasteiger partial charge in [0.1, 0.15) is 5.65 Å². The van der Waals surface area contributed by atoms with Crippen LogP contribution in [0, 0.1) is 0 Å². The average molecular weight is 388 g/mol. The third kappa shape index (κ3) is 3.18. The number of hydrogen-bond acceptors (Lipinski definition) is 5. The zero-order chi connectivity index (χ0) is 20.4. The molecule has 0 saturated carbocycles. The van der Waals surface area contributed by atoms with Crippen LogP contribution in [0.25, 0.3) is 28.0 Å². The van der Waals surface area contributed by atoms with E-state index in [9.17, 15) is 4.79 Å². The van der Waals surface area contributed by atoms with Gasteiger partial charge in [-0.05, 0) is 29.8 Å². The first kappa shape index (κ1) is 18.6. The Balaban J connectivity index is 2.11. The normalized spacial score (nSPS) is 10.7. The van der Waals surface area contributed by atoms with Gasteiger partial charge in [0.25, 0.3) is 5.56 Å². The van der Waals surface area contributed by atoms with Gasteiger partial charge < -0.3 is 14.2 Å². The monoisotopic (exact) mass is 388 g/mol. The molecule has 6 heteroatoms. The molecular formula is C23H20N2O4. The highest BCUT2D eigenvalue weighted by molar-refractivity contribution is 5.82. The van der Waals surface area contributed by atoms with Crippen molar-refractivity contribution in [1.82, 2.24) is 9.38 Å². The summed E-state index contributed by atoms with van der Waals surface area (Å²) in [6.45, 7) is 0. The summed E-state index contributed by atoms with van der Waals surface area (Å²) in [4.78, 5) is 18.4. The van der Waals surface area contributed by atoms with Crippen LogP contribution in [-0.2, 0) is 0 Å². The summed E-state index contributed by atoms with van der Waals surface area (Å²) in [6, 6.07) is 20.4. The van der Waals surface area contributed by atoms with Crippen molar-refractivity contribution in [2.45, 2.75) is 0 Å². The van der Waals surface area contributed by atoms with Crippen LogP contribution in [0.3, 0.4) is 0 Å². The van der Waals surface area contributed by atoms with E-state index in [1.165, 1.54) is 11.5 Å². The Morgan fingerprint density at radius 1 is 0.759 bits per heavy atom. The maximum Gasteiger partial charge on any atom is 0.269 e. The molecule has 6 nitrogen and oxygen atoms in total. The van der Waals surface area contributed by atoms with Crippen molar-refractivity contribution in [3.05, 3.63) is 77.1 Å². The average Bonchev–Trinajstić information content (AvgIpc) is 2.78. The lowest BCUT2D eigenvalue weighted by molar-refractivity contribution is 0.355. The van der Waals surface area contributed by atoms with Crippen molar-refractivity contribution in [1.29, 1.82) is 0 Å². The van der Waals surface area contributed by atoms with Crippen LogP contribution in [0.2, 0.25) is 0 Å². The Hall–Kier alpha value is -3.80. The smallest absolute Gasteiger partial charge is 0.269 e. The molecule has 2 aromatic carbocycles. The lowest BCUT2D eigenvalue weighted by Crippen LogP contribution is -2.20. The second-order valence-electron chi connectivity index (χ2n) is 6.34. The molecule has 0 spiro atoms. The van der Waals surface area contributed by atoms with Crippen molar-refractivity contribution in [2.75, 3.05) is 21.3 Å². The van der Waals surface area contributed by atoms with Gasteiger partial charge in [0.05, 0.1) is 32.6 Å². The molecule has 0 fully saturated rings. The molecule has 0 saturated heterocycles. The van der Waals surface area contributed by atoms with Crippen LogP contribution in [0.15, 0.2) is 71.5 Å². The minimum atomic E-state index is -0.224. The first-order chi connectivity index (χ1) is 14.2. The quantitative estimate of drug-likeness (QED) is 0.516. The Morgan fingerprint density at radius 2 is 1.52 bits per heavy atom. The highest BCUT2D eigenvalue weighted by atomic mass is 16.5. The number of benzene rings is 2. The van der Waals surface area contributed by atoms with E-state index in [0.717, 1.165) is 5.56 Å². The van der Waals surface area contributed by atoms with E-state index in [4.69, 9.17) is 19.2 Å². The van der Waals surface area contributed by atoms with E-state index in [1.54, 1.807) is 38.5 Å². The Labute approximate surface area is 167 Å². The number of aromatic nitrogens is 2. The van der Waals surface area contributed by atoms with Gasteiger partial charge in [0, 0.05) is 5.56 Å². The number of methoxy groups -OCH3 is 3. The summed E-state index contributed by atoms with van der Waals surface area (Å²) in [7, 11) is 4.67. The first-order valence-electron chi connectivity index (χ1n) is 9.05. The summed E-state index contributed by atoms with van der Waals surface area (Å²) in [5.41, 5.74) is 2.87. The van der Waals surface area contributed by atoms with Gasteiger partial charge in [-0.2, -0.15) is 0 Å². The molecule has 0 N–H and O–H groups in total. The molecule has 29 heavy (non-hydrogen) atoms. The predicted molar refractivity (Wildman–Crippen MR) is 112 cm³/mol. The predicted octanol–water partition coefficient (Wildman–Crippen LogP) is 4.05. The summed E-state index contributed by atoms with van der Waals surface area (Å²) >= 11 is 0. The maximum atomic E-state index is 13.6. The minimum Gasteiger partial charge on any atom is -0.493 e. The van der Waals surface area contributed by atoms with Gasteiger partial charge in [-0.25, -0.2) is 9.38 Å². The molecule has 0 aliphatic rings. The number of fused-ring (bicyclic) bond motifs is 1. The van der Waals surface area contributed by atoms with Crippen molar-refractivity contribution >= 4 is 5.65 Å². The summed E-state index contributed by atoms with van der Waals surface area (Å²) in [6.07, 6.45) is 0. The molecule has 4 aromatic rings. The standard InChI is InChI=1S/C23H20N2O4/c1-27-17-13-12-16(14-18(17)28-2)21-22(15-8-5-4-6-9-15)24-19-10-7-11-20(29-3)25(19)23(21)26/h4-14H,1-3H3. The Kier molecular flexibility index (Phi) is 4.91. The summed E-state index contributed by atoms with van der Waals surface area (Å²) in [5.74, 6) is 1.54. The molecule has 0 aliphatic heterocycles. The van der Waals surface area contributed by atoms with Crippen LogP contribution in [0.1, 0.15) is 0 Å². The Bertz CT molecular complexity index is 1230. The highest BCUT2D eigenvalue weighted by Gasteiger charge is 2.19. The highest BCUT2D eigenvalue weighted by Crippen LogP contribution is 2.35. The molecule has 0 amide bonds. The molecule has 0 unspecified atom stereocenters. The van der Waals surface area contributed by atoms with Gasteiger partial charge >= 0.3 is 0 Å². The van der Waals surface area contributed by atoms with Crippen LogP contribution < -0.4 is 19.8 Å². The molecule has 2 heterocycles. The van der Waals surface area contributed by atoms with Gasteiger partial charge in [-0.3, -0.25) is 4.79 Å². The third-order valence-electron chi connectivity index (χ3n) is 4.74. The second-order valence-corrected chi connectivity index (χ2v) is 6.34. The van der Waals surface area contributed by atoms with Gasteiger partial charge in [0.15, 0.2) is 11.5 Å². The molecule has 146 valence electrons. The molecule has 4 rings (SSSR count). The lowest BCUT2D eigenvalue weighted by atomic mass is 10.00.